The van der Waals surface area contributed by atoms with Crippen LogP contribution in [-0.4, -0.2) is 16.8 Å². The summed E-state index contributed by atoms with van der Waals surface area (Å²) in [6.45, 7) is 0.630. The Bertz CT molecular complexity index is 373. The van der Waals surface area contributed by atoms with Crippen LogP contribution >= 0.6 is 11.6 Å². The molecule has 14 heavy (non-hydrogen) atoms. The number of hydrogen-bond donors (Lipinski definition) is 1. The highest BCUT2D eigenvalue weighted by atomic mass is 35.5. The SMILES string of the molecule is O=c1[nH]ncc(OCC2CCC2)c1Cl. The summed E-state index contributed by atoms with van der Waals surface area (Å²) in [5.74, 6) is 0.993. The zero-order valence-corrected chi connectivity index (χ0v) is 8.38. The molecule has 1 N–H and O–H groups in total. The number of rotatable bonds is 3. The average Bonchev–Trinajstić information content (AvgIpc) is 2.09. The van der Waals surface area contributed by atoms with Gasteiger partial charge in [-0.3, -0.25) is 4.79 Å². The summed E-state index contributed by atoms with van der Waals surface area (Å²) in [5, 5.41) is 5.94. The van der Waals surface area contributed by atoms with Gasteiger partial charge in [-0.2, -0.15) is 5.10 Å². The van der Waals surface area contributed by atoms with Gasteiger partial charge in [0.1, 0.15) is 0 Å². The number of H-pyrrole nitrogens is 1. The van der Waals surface area contributed by atoms with E-state index in [4.69, 9.17) is 16.3 Å². The van der Waals surface area contributed by atoms with E-state index in [1.54, 1.807) is 0 Å². The van der Waals surface area contributed by atoms with Gasteiger partial charge in [-0.1, -0.05) is 18.0 Å². The highest BCUT2D eigenvalue weighted by Crippen LogP contribution is 2.27. The Hall–Kier alpha value is -1.03. The summed E-state index contributed by atoms with van der Waals surface area (Å²) < 4.78 is 5.41. The number of hydrogen-bond acceptors (Lipinski definition) is 3. The van der Waals surface area contributed by atoms with Gasteiger partial charge in [-0.25, -0.2) is 5.10 Å². The molecule has 1 aromatic rings. The van der Waals surface area contributed by atoms with Gasteiger partial charge in [0.2, 0.25) is 0 Å². The molecule has 0 amide bonds. The van der Waals surface area contributed by atoms with Gasteiger partial charge < -0.3 is 4.74 Å². The van der Waals surface area contributed by atoms with E-state index >= 15 is 0 Å². The second-order valence-corrected chi connectivity index (χ2v) is 3.86. The fourth-order valence-electron chi connectivity index (χ4n) is 1.33. The zero-order valence-electron chi connectivity index (χ0n) is 7.62. The first-order valence-corrected chi connectivity index (χ1v) is 5.01. The summed E-state index contributed by atoms with van der Waals surface area (Å²) >= 11 is 5.73. The third-order valence-corrected chi connectivity index (χ3v) is 2.82. The number of halogens is 1. The summed E-state index contributed by atoms with van der Waals surface area (Å²) in [6.07, 6.45) is 5.11. The second-order valence-electron chi connectivity index (χ2n) is 3.49. The van der Waals surface area contributed by atoms with Crippen molar-refractivity contribution in [3.8, 4) is 5.75 Å². The molecule has 5 heteroatoms. The molecule has 4 nitrogen and oxygen atoms in total. The van der Waals surface area contributed by atoms with Gasteiger partial charge in [0, 0.05) is 0 Å². The molecular weight excluding hydrogens is 204 g/mol. The Balaban J connectivity index is 2.01. The van der Waals surface area contributed by atoms with E-state index in [0.29, 0.717) is 18.3 Å². The number of nitrogens with zero attached hydrogens (tertiary/aromatic N) is 1. The standard InChI is InChI=1S/C9H11ClN2O2/c10-8-7(4-11-12-9(8)13)14-5-6-2-1-3-6/h4,6H,1-3,5H2,(H,12,13). The predicted molar refractivity (Wildman–Crippen MR) is 52.7 cm³/mol. The van der Waals surface area contributed by atoms with Gasteiger partial charge in [-0.05, 0) is 18.8 Å². The smallest absolute Gasteiger partial charge is 0.286 e. The molecule has 0 unspecified atom stereocenters. The first kappa shape index (κ1) is 9.52. The molecule has 2 rings (SSSR count). The fourth-order valence-corrected chi connectivity index (χ4v) is 1.48. The van der Waals surface area contributed by atoms with Crippen molar-refractivity contribution in [1.29, 1.82) is 0 Å². The molecule has 76 valence electrons. The molecule has 1 aliphatic carbocycles. The normalized spacial score (nSPS) is 16.4. The van der Waals surface area contributed by atoms with Crippen molar-refractivity contribution >= 4 is 11.6 Å². The third-order valence-electron chi connectivity index (χ3n) is 2.46. The molecule has 1 heterocycles. The molecule has 0 bridgehead atoms. The van der Waals surface area contributed by atoms with E-state index in [-0.39, 0.29) is 5.02 Å². The minimum Gasteiger partial charge on any atom is -0.490 e. The lowest BCUT2D eigenvalue weighted by molar-refractivity contribution is 0.180. The van der Waals surface area contributed by atoms with E-state index in [2.05, 4.69) is 10.2 Å². The van der Waals surface area contributed by atoms with Gasteiger partial charge in [-0.15, -0.1) is 0 Å². The molecule has 0 atom stereocenters. The van der Waals surface area contributed by atoms with E-state index < -0.39 is 5.56 Å². The highest BCUT2D eigenvalue weighted by Gasteiger charge is 2.18. The van der Waals surface area contributed by atoms with Gasteiger partial charge in [0.25, 0.3) is 5.56 Å². The van der Waals surface area contributed by atoms with Crippen molar-refractivity contribution in [3.05, 3.63) is 21.6 Å². The van der Waals surface area contributed by atoms with Crippen LogP contribution in [0.1, 0.15) is 19.3 Å². The Labute approximate surface area is 86.2 Å². The van der Waals surface area contributed by atoms with Crippen LogP contribution in [0.4, 0.5) is 0 Å². The Morgan fingerprint density at radius 3 is 3.07 bits per heavy atom. The van der Waals surface area contributed by atoms with Crippen LogP contribution in [0.2, 0.25) is 5.02 Å². The lowest BCUT2D eigenvalue weighted by Gasteiger charge is -2.25. The molecule has 1 saturated carbocycles. The molecule has 1 aliphatic rings. The quantitative estimate of drug-likeness (QED) is 0.832. The molecule has 0 spiro atoms. The minimum atomic E-state index is -0.405. The van der Waals surface area contributed by atoms with Crippen molar-refractivity contribution in [2.45, 2.75) is 19.3 Å². The monoisotopic (exact) mass is 214 g/mol. The van der Waals surface area contributed by atoms with Crippen molar-refractivity contribution in [2.75, 3.05) is 6.61 Å². The summed E-state index contributed by atoms with van der Waals surface area (Å²) in [7, 11) is 0. The fraction of sp³-hybridized carbons (Fsp3) is 0.556. The Morgan fingerprint density at radius 2 is 2.43 bits per heavy atom. The molecule has 1 fully saturated rings. The van der Waals surface area contributed by atoms with E-state index in [9.17, 15) is 4.79 Å². The van der Waals surface area contributed by atoms with Crippen molar-refractivity contribution in [3.63, 3.8) is 0 Å². The molecular formula is C9H11ClN2O2. The van der Waals surface area contributed by atoms with Crippen molar-refractivity contribution in [2.24, 2.45) is 5.92 Å². The van der Waals surface area contributed by atoms with Crippen LogP contribution in [0, 0.1) is 5.92 Å². The highest BCUT2D eigenvalue weighted by molar-refractivity contribution is 6.31. The first-order valence-electron chi connectivity index (χ1n) is 4.63. The number of aromatic nitrogens is 2. The van der Waals surface area contributed by atoms with E-state index in [1.807, 2.05) is 0 Å². The maximum atomic E-state index is 11.0. The average molecular weight is 215 g/mol. The van der Waals surface area contributed by atoms with E-state index in [0.717, 1.165) is 0 Å². The molecule has 0 radical (unpaired) electrons. The molecule has 0 aromatic carbocycles. The van der Waals surface area contributed by atoms with Gasteiger partial charge in [0.15, 0.2) is 10.8 Å². The number of ether oxygens (including phenoxy) is 1. The van der Waals surface area contributed by atoms with Crippen LogP contribution in [0.5, 0.6) is 5.75 Å². The molecule has 0 aliphatic heterocycles. The summed E-state index contributed by atoms with van der Waals surface area (Å²) in [5.41, 5.74) is -0.405. The van der Waals surface area contributed by atoms with Crippen LogP contribution in [0.3, 0.4) is 0 Å². The first-order chi connectivity index (χ1) is 6.77. The maximum Gasteiger partial charge on any atom is 0.286 e. The Kier molecular flexibility index (Phi) is 2.72. The third kappa shape index (κ3) is 1.90. The lowest BCUT2D eigenvalue weighted by Crippen LogP contribution is -2.20. The van der Waals surface area contributed by atoms with Crippen LogP contribution in [0.15, 0.2) is 11.0 Å². The van der Waals surface area contributed by atoms with Crippen molar-refractivity contribution in [1.82, 2.24) is 10.2 Å². The van der Waals surface area contributed by atoms with Gasteiger partial charge >= 0.3 is 0 Å². The lowest BCUT2D eigenvalue weighted by atomic mass is 9.86. The number of nitrogens with one attached hydrogen (secondary N) is 1. The zero-order chi connectivity index (χ0) is 9.97. The van der Waals surface area contributed by atoms with E-state index in [1.165, 1.54) is 25.5 Å². The van der Waals surface area contributed by atoms with Gasteiger partial charge in [0.05, 0.1) is 12.8 Å². The summed E-state index contributed by atoms with van der Waals surface area (Å²) in [4.78, 5) is 11.0. The number of aromatic amines is 1. The second kappa shape index (κ2) is 4.00. The maximum absolute atomic E-state index is 11.0. The molecule has 1 aromatic heterocycles. The molecule has 0 saturated heterocycles. The van der Waals surface area contributed by atoms with Crippen LogP contribution < -0.4 is 10.3 Å². The predicted octanol–water partition coefficient (Wildman–Crippen LogP) is 1.60. The van der Waals surface area contributed by atoms with Crippen molar-refractivity contribution < 1.29 is 4.74 Å². The topological polar surface area (TPSA) is 55.0 Å². The Morgan fingerprint density at radius 1 is 1.64 bits per heavy atom. The minimum absolute atomic E-state index is 0.0827. The largest absolute Gasteiger partial charge is 0.490 e. The summed E-state index contributed by atoms with van der Waals surface area (Å²) in [6, 6.07) is 0. The van der Waals surface area contributed by atoms with Crippen LogP contribution in [-0.2, 0) is 0 Å². The van der Waals surface area contributed by atoms with Crippen LogP contribution in [0.25, 0.3) is 0 Å².